The molecule has 0 fully saturated rings. The molecule has 1 amide bonds. The van der Waals surface area contributed by atoms with Crippen molar-refractivity contribution < 1.29 is 13.2 Å². The first-order valence-electron chi connectivity index (χ1n) is 7.13. The van der Waals surface area contributed by atoms with E-state index in [0.29, 0.717) is 10.7 Å². The van der Waals surface area contributed by atoms with Gasteiger partial charge in [-0.2, -0.15) is 0 Å². The fraction of sp³-hybridized carbons (Fsp3) is 0.235. The highest BCUT2D eigenvalue weighted by Gasteiger charge is 2.17. The van der Waals surface area contributed by atoms with Crippen molar-refractivity contribution in [2.75, 3.05) is 11.1 Å². The summed E-state index contributed by atoms with van der Waals surface area (Å²) in [7, 11) is -3.53. The Morgan fingerprint density at radius 2 is 1.74 bits per heavy atom. The summed E-state index contributed by atoms with van der Waals surface area (Å²) in [5.41, 5.74) is 2.74. The molecule has 23 heavy (non-hydrogen) atoms. The molecule has 122 valence electrons. The highest BCUT2D eigenvalue weighted by Crippen LogP contribution is 2.18. The monoisotopic (exact) mass is 351 g/mol. The number of nitrogens with one attached hydrogen (secondary N) is 1. The number of benzene rings is 2. The van der Waals surface area contributed by atoms with Gasteiger partial charge in [0.25, 0.3) is 0 Å². The van der Waals surface area contributed by atoms with E-state index in [9.17, 15) is 13.2 Å². The second-order valence-corrected chi connectivity index (χ2v) is 8.00. The molecule has 0 atom stereocenters. The van der Waals surface area contributed by atoms with Gasteiger partial charge in [0.1, 0.15) is 0 Å². The Kier molecular flexibility index (Phi) is 5.44. The second-order valence-electron chi connectivity index (χ2n) is 5.45. The molecule has 0 heterocycles. The van der Waals surface area contributed by atoms with Crippen molar-refractivity contribution >= 4 is 33.0 Å². The minimum Gasteiger partial charge on any atom is -0.326 e. The van der Waals surface area contributed by atoms with E-state index in [1.807, 2.05) is 32.0 Å². The third-order valence-corrected chi connectivity index (χ3v) is 5.21. The van der Waals surface area contributed by atoms with E-state index >= 15 is 0 Å². The third-order valence-electron chi connectivity index (χ3n) is 3.26. The third kappa shape index (κ3) is 5.08. The first-order chi connectivity index (χ1) is 10.8. The first kappa shape index (κ1) is 17.5. The first-order valence-corrected chi connectivity index (χ1v) is 9.16. The van der Waals surface area contributed by atoms with E-state index in [-0.39, 0.29) is 23.0 Å². The van der Waals surface area contributed by atoms with Crippen LogP contribution in [0.4, 0.5) is 5.69 Å². The lowest BCUT2D eigenvalue weighted by atomic mass is 10.1. The average molecular weight is 352 g/mol. The molecule has 0 aliphatic rings. The van der Waals surface area contributed by atoms with Crippen molar-refractivity contribution in [2.45, 2.75) is 25.2 Å². The van der Waals surface area contributed by atoms with Gasteiger partial charge in [0, 0.05) is 17.1 Å². The molecule has 6 heteroatoms. The number of carbonyl (C=O) groups excluding carboxylic acids is 1. The Hall–Kier alpha value is -1.85. The summed E-state index contributed by atoms with van der Waals surface area (Å²) < 4.78 is 24.4. The van der Waals surface area contributed by atoms with Gasteiger partial charge >= 0.3 is 0 Å². The van der Waals surface area contributed by atoms with Crippen molar-refractivity contribution in [1.29, 1.82) is 0 Å². The fourth-order valence-corrected chi connectivity index (χ4v) is 3.81. The van der Waals surface area contributed by atoms with Crippen LogP contribution in [0.3, 0.4) is 0 Å². The van der Waals surface area contributed by atoms with Crippen LogP contribution in [0.25, 0.3) is 0 Å². The van der Waals surface area contributed by atoms with Crippen LogP contribution in [0, 0.1) is 13.8 Å². The van der Waals surface area contributed by atoms with Crippen LogP contribution in [-0.4, -0.2) is 20.1 Å². The molecule has 4 nitrogen and oxygen atoms in total. The van der Waals surface area contributed by atoms with E-state index in [4.69, 9.17) is 11.6 Å². The van der Waals surface area contributed by atoms with Gasteiger partial charge in [-0.15, -0.1) is 0 Å². The predicted octanol–water partition coefficient (Wildman–Crippen LogP) is 3.76. The fourth-order valence-electron chi connectivity index (χ4n) is 2.28. The van der Waals surface area contributed by atoms with Crippen LogP contribution in [0.15, 0.2) is 47.4 Å². The standard InChI is InChI=1S/C17H18ClNO3S/c1-12-8-13(2)10-15(9-12)19-17(20)6-7-23(21,22)16-5-3-4-14(18)11-16/h3-5,8-11H,6-7H2,1-2H3,(H,19,20). The summed E-state index contributed by atoms with van der Waals surface area (Å²) in [6.45, 7) is 3.87. The number of carbonyl (C=O) groups is 1. The molecule has 2 rings (SSSR count). The van der Waals surface area contributed by atoms with Gasteiger partial charge in [-0.25, -0.2) is 8.42 Å². The van der Waals surface area contributed by atoms with Crippen LogP contribution in [0.2, 0.25) is 5.02 Å². The number of halogens is 1. The number of anilines is 1. The highest BCUT2D eigenvalue weighted by molar-refractivity contribution is 7.91. The molecule has 0 saturated heterocycles. The topological polar surface area (TPSA) is 63.2 Å². The van der Waals surface area contributed by atoms with Crippen molar-refractivity contribution in [3.8, 4) is 0 Å². The van der Waals surface area contributed by atoms with Crippen molar-refractivity contribution in [3.05, 3.63) is 58.6 Å². The normalized spacial score (nSPS) is 11.3. The van der Waals surface area contributed by atoms with Gasteiger partial charge in [0.2, 0.25) is 5.91 Å². The van der Waals surface area contributed by atoms with Crippen LogP contribution in [-0.2, 0) is 14.6 Å². The summed E-state index contributed by atoms with van der Waals surface area (Å²) >= 11 is 5.81. The SMILES string of the molecule is Cc1cc(C)cc(NC(=O)CCS(=O)(=O)c2cccc(Cl)c2)c1. The summed E-state index contributed by atoms with van der Waals surface area (Å²) in [5, 5.41) is 3.08. The summed E-state index contributed by atoms with van der Waals surface area (Å²) in [5.74, 6) is -0.593. The maximum absolute atomic E-state index is 12.2. The molecule has 2 aromatic rings. The largest absolute Gasteiger partial charge is 0.326 e. The van der Waals surface area contributed by atoms with E-state index < -0.39 is 9.84 Å². The molecular formula is C17H18ClNO3S. The van der Waals surface area contributed by atoms with E-state index in [2.05, 4.69) is 5.32 Å². The summed E-state index contributed by atoms with van der Waals surface area (Å²) in [6, 6.07) is 11.7. The minimum atomic E-state index is -3.53. The lowest BCUT2D eigenvalue weighted by molar-refractivity contribution is -0.115. The Morgan fingerprint density at radius 3 is 2.35 bits per heavy atom. The Balaban J connectivity index is 2.01. The molecule has 1 N–H and O–H groups in total. The van der Waals surface area contributed by atoms with Crippen molar-refractivity contribution in [1.82, 2.24) is 0 Å². The zero-order valence-corrected chi connectivity index (χ0v) is 14.5. The number of rotatable bonds is 5. The summed E-state index contributed by atoms with van der Waals surface area (Å²) in [6.07, 6.45) is -0.109. The summed E-state index contributed by atoms with van der Waals surface area (Å²) in [4.78, 5) is 12.1. The Morgan fingerprint density at radius 1 is 1.09 bits per heavy atom. The molecule has 0 aliphatic carbocycles. The molecule has 0 bridgehead atoms. The van der Waals surface area contributed by atoms with Gasteiger partial charge in [-0.05, 0) is 55.3 Å². The van der Waals surface area contributed by atoms with Gasteiger partial charge in [-0.3, -0.25) is 4.79 Å². The maximum atomic E-state index is 12.2. The molecule has 0 aromatic heterocycles. The second kappa shape index (κ2) is 7.15. The zero-order chi connectivity index (χ0) is 17.0. The molecule has 0 radical (unpaired) electrons. The molecule has 0 spiro atoms. The van der Waals surface area contributed by atoms with Crippen molar-refractivity contribution in [2.24, 2.45) is 0 Å². The van der Waals surface area contributed by atoms with E-state index in [1.54, 1.807) is 12.1 Å². The zero-order valence-electron chi connectivity index (χ0n) is 13.0. The van der Waals surface area contributed by atoms with Gasteiger partial charge < -0.3 is 5.32 Å². The number of hydrogen-bond donors (Lipinski definition) is 1. The minimum absolute atomic E-state index is 0.109. The Labute approximate surface area is 141 Å². The molecule has 0 aliphatic heterocycles. The smallest absolute Gasteiger partial charge is 0.225 e. The van der Waals surface area contributed by atoms with Crippen molar-refractivity contribution in [3.63, 3.8) is 0 Å². The van der Waals surface area contributed by atoms with Gasteiger partial charge in [0.15, 0.2) is 9.84 Å². The number of aryl methyl sites for hydroxylation is 2. The van der Waals surface area contributed by atoms with Crippen LogP contribution in [0.5, 0.6) is 0 Å². The predicted molar refractivity (Wildman–Crippen MR) is 92.7 cm³/mol. The number of hydrogen-bond acceptors (Lipinski definition) is 3. The van der Waals surface area contributed by atoms with Crippen LogP contribution < -0.4 is 5.32 Å². The quantitative estimate of drug-likeness (QED) is 0.892. The lowest BCUT2D eigenvalue weighted by Gasteiger charge is -2.08. The maximum Gasteiger partial charge on any atom is 0.225 e. The van der Waals surface area contributed by atoms with E-state index in [1.165, 1.54) is 12.1 Å². The highest BCUT2D eigenvalue weighted by atomic mass is 35.5. The van der Waals surface area contributed by atoms with Crippen LogP contribution >= 0.6 is 11.6 Å². The van der Waals surface area contributed by atoms with E-state index in [0.717, 1.165) is 11.1 Å². The average Bonchev–Trinajstić information content (AvgIpc) is 2.44. The molecule has 2 aromatic carbocycles. The molecule has 0 saturated carbocycles. The van der Waals surface area contributed by atoms with Gasteiger partial charge in [0.05, 0.1) is 10.6 Å². The lowest BCUT2D eigenvalue weighted by Crippen LogP contribution is -2.17. The molecular weight excluding hydrogens is 334 g/mol. The molecule has 0 unspecified atom stereocenters. The van der Waals surface area contributed by atoms with Crippen LogP contribution in [0.1, 0.15) is 17.5 Å². The number of sulfone groups is 1. The Bertz CT molecular complexity index is 811. The van der Waals surface area contributed by atoms with Gasteiger partial charge in [-0.1, -0.05) is 23.7 Å². The number of amides is 1.